The van der Waals surface area contributed by atoms with E-state index in [1.54, 1.807) is 7.11 Å². The Morgan fingerprint density at radius 2 is 2.29 bits per heavy atom. The second-order valence-corrected chi connectivity index (χ2v) is 7.12. The van der Waals surface area contributed by atoms with Crippen LogP contribution in [0, 0.1) is 5.92 Å². The van der Waals surface area contributed by atoms with Crippen molar-refractivity contribution in [2.75, 3.05) is 31.7 Å². The summed E-state index contributed by atoms with van der Waals surface area (Å²) in [5.41, 5.74) is 1.30. The molecule has 0 spiro atoms. The lowest BCUT2D eigenvalue weighted by Gasteiger charge is -2.34. The Balaban J connectivity index is 1.72. The maximum absolute atomic E-state index is 5.34. The number of hydrogen-bond acceptors (Lipinski definition) is 4. The van der Waals surface area contributed by atoms with Crippen LogP contribution in [0.2, 0.25) is 0 Å². The lowest BCUT2D eigenvalue weighted by Crippen LogP contribution is -2.38. The maximum atomic E-state index is 5.34. The molecule has 0 radical (unpaired) electrons. The summed E-state index contributed by atoms with van der Waals surface area (Å²) in [7, 11) is 1.79. The second-order valence-electron chi connectivity index (χ2n) is 6.20. The van der Waals surface area contributed by atoms with Crippen LogP contribution >= 0.6 is 15.9 Å². The fourth-order valence-corrected chi connectivity index (χ4v) is 3.44. The van der Waals surface area contributed by atoms with E-state index in [1.807, 2.05) is 6.20 Å². The van der Waals surface area contributed by atoms with E-state index in [4.69, 9.17) is 9.72 Å². The summed E-state index contributed by atoms with van der Waals surface area (Å²) in [5.74, 6) is 1.77. The summed E-state index contributed by atoms with van der Waals surface area (Å²) in [6.07, 6.45) is 7.03. The molecule has 0 aromatic carbocycles. The molecule has 2 heterocycles. The van der Waals surface area contributed by atoms with Gasteiger partial charge in [0.05, 0.1) is 6.61 Å². The van der Waals surface area contributed by atoms with Crippen molar-refractivity contribution >= 4 is 21.7 Å². The third kappa shape index (κ3) is 4.18. The topological polar surface area (TPSA) is 37.4 Å². The first-order valence-electron chi connectivity index (χ1n) is 7.88. The Morgan fingerprint density at radius 3 is 3.05 bits per heavy atom. The Hall–Kier alpha value is -0.650. The summed E-state index contributed by atoms with van der Waals surface area (Å²) >= 11 is 3.55. The minimum absolute atomic E-state index is 0.624. The molecule has 1 N–H and O–H groups in total. The molecule has 1 aliphatic carbocycles. The van der Waals surface area contributed by atoms with Crippen molar-refractivity contribution in [1.82, 2.24) is 10.3 Å². The molecule has 116 valence electrons. The van der Waals surface area contributed by atoms with Gasteiger partial charge in [-0.05, 0) is 53.6 Å². The van der Waals surface area contributed by atoms with Gasteiger partial charge < -0.3 is 15.0 Å². The van der Waals surface area contributed by atoms with E-state index < -0.39 is 0 Å². The highest BCUT2D eigenvalue weighted by molar-refractivity contribution is 9.10. The molecule has 2 fully saturated rings. The van der Waals surface area contributed by atoms with Crippen molar-refractivity contribution in [2.45, 2.75) is 38.3 Å². The molecule has 3 rings (SSSR count). The third-order valence-electron chi connectivity index (χ3n) is 4.29. The number of halogens is 1. The van der Waals surface area contributed by atoms with Crippen molar-refractivity contribution in [2.24, 2.45) is 5.92 Å². The first-order valence-corrected chi connectivity index (χ1v) is 8.67. The monoisotopic (exact) mass is 353 g/mol. The summed E-state index contributed by atoms with van der Waals surface area (Å²) in [4.78, 5) is 7.13. The average molecular weight is 354 g/mol. The summed E-state index contributed by atoms with van der Waals surface area (Å²) in [6.45, 7) is 3.92. The Kier molecular flexibility index (Phi) is 5.14. The van der Waals surface area contributed by atoms with Crippen LogP contribution in [0.15, 0.2) is 16.7 Å². The van der Waals surface area contributed by atoms with E-state index in [2.05, 4.69) is 32.2 Å². The van der Waals surface area contributed by atoms with Crippen molar-refractivity contribution < 1.29 is 4.74 Å². The first-order chi connectivity index (χ1) is 10.3. The third-order valence-corrected chi connectivity index (χ3v) is 4.72. The number of piperidine rings is 1. The molecule has 1 aromatic heterocycles. The van der Waals surface area contributed by atoms with Gasteiger partial charge in [0.2, 0.25) is 0 Å². The van der Waals surface area contributed by atoms with Gasteiger partial charge in [0.15, 0.2) is 0 Å². The van der Waals surface area contributed by atoms with Gasteiger partial charge in [-0.1, -0.05) is 0 Å². The quantitative estimate of drug-likeness (QED) is 0.852. The number of ether oxygens (including phenoxy) is 1. The summed E-state index contributed by atoms with van der Waals surface area (Å²) in [6, 6.07) is 2.93. The average Bonchev–Trinajstić information content (AvgIpc) is 3.30. The lowest BCUT2D eigenvalue weighted by molar-refractivity contribution is 0.143. The van der Waals surface area contributed by atoms with E-state index in [0.29, 0.717) is 5.92 Å². The number of methoxy groups -OCH3 is 1. The molecule has 1 aromatic rings. The highest BCUT2D eigenvalue weighted by atomic mass is 79.9. The predicted molar refractivity (Wildman–Crippen MR) is 88.6 cm³/mol. The molecular formula is C16H24BrN3O. The molecule has 0 amide bonds. The normalized spacial score (nSPS) is 22.6. The van der Waals surface area contributed by atoms with E-state index in [0.717, 1.165) is 42.6 Å². The largest absolute Gasteiger partial charge is 0.384 e. The lowest BCUT2D eigenvalue weighted by atomic mass is 9.98. The smallest absolute Gasteiger partial charge is 0.133 e. The van der Waals surface area contributed by atoms with Gasteiger partial charge in [-0.2, -0.15) is 0 Å². The molecule has 0 bridgehead atoms. The van der Waals surface area contributed by atoms with Crippen molar-refractivity contribution in [1.29, 1.82) is 0 Å². The van der Waals surface area contributed by atoms with Crippen LogP contribution in [0.5, 0.6) is 0 Å². The van der Waals surface area contributed by atoms with Gasteiger partial charge in [-0.3, -0.25) is 0 Å². The van der Waals surface area contributed by atoms with E-state index in [1.165, 1.54) is 31.2 Å². The Labute approximate surface area is 135 Å². The van der Waals surface area contributed by atoms with E-state index >= 15 is 0 Å². The number of nitrogens with one attached hydrogen (secondary N) is 1. The van der Waals surface area contributed by atoms with Crippen molar-refractivity contribution in [3.05, 3.63) is 22.3 Å². The molecule has 1 saturated carbocycles. The number of aromatic nitrogens is 1. The minimum Gasteiger partial charge on any atom is -0.384 e. The molecular weight excluding hydrogens is 330 g/mol. The number of anilines is 1. The fraction of sp³-hybridized carbons (Fsp3) is 0.688. The first kappa shape index (κ1) is 15.3. The van der Waals surface area contributed by atoms with E-state index in [-0.39, 0.29) is 0 Å². The van der Waals surface area contributed by atoms with Crippen LogP contribution in [0.4, 0.5) is 5.82 Å². The zero-order valence-corrected chi connectivity index (χ0v) is 14.2. The molecule has 1 saturated heterocycles. The maximum Gasteiger partial charge on any atom is 0.133 e. The SMILES string of the molecule is COCC1CCCN(c2ncc(Br)cc2CNC2CC2)C1. The molecule has 1 unspecified atom stereocenters. The molecule has 1 atom stereocenters. The van der Waals surface area contributed by atoms with Gasteiger partial charge in [-0.25, -0.2) is 4.98 Å². The van der Waals surface area contributed by atoms with Crippen molar-refractivity contribution in [3.8, 4) is 0 Å². The van der Waals surface area contributed by atoms with Crippen LogP contribution in [0.25, 0.3) is 0 Å². The van der Waals surface area contributed by atoms with Gasteiger partial charge in [0.25, 0.3) is 0 Å². The van der Waals surface area contributed by atoms with Crippen LogP contribution in [-0.2, 0) is 11.3 Å². The molecule has 2 aliphatic rings. The molecule has 1 aliphatic heterocycles. The van der Waals surface area contributed by atoms with Gasteiger partial charge >= 0.3 is 0 Å². The predicted octanol–water partition coefficient (Wildman–Crippen LogP) is 2.96. The number of rotatable bonds is 6. The van der Waals surface area contributed by atoms with Crippen LogP contribution in [-0.4, -0.2) is 37.8 Å². The number of hydrogen-bond donors (Lipinski definition) is 1. The highest BCUT2D eigenvalue weighted by Gasteiger charge is 2.24. The number of pyridine rings is 1. The summed E-state index contributed by atoms with van der Waals surface area (Å²) in [5, 5.41) is 3.60. The van der Waals surface area contributed by atoms with Gasteiger partial charge in [0, 0.05) is 49.0 Å². The molecule has 21 heavy (non-hydrogen) atoms. The minimum atomic E-state index is 0.624. The fourth-order valence-electron chi connectivity index (χ4n) is 3.06. The van der Waals surface area contributed by atoms with Crippen LogP contribution in [0.3, 0.4) is 0 Å². The van der Waals surface area contributed by atoms with Gasteiger partial charge in [-0.15, -0.1) is 0 Å². The van der Waals surface area contributed by atoms with Gasteiger partial charge in [0.1, 0.15) is 5.82 Å². The Morgan fingerprint density at radius 1 is 1.43 bits per heavy atom. The van der Waals surface area contributed by atoms with Crippen LogP contribution in [0.1, 0.15) is 31.2 Å². The zero-order chi connectivity index (χ0) is 14.7. The van der Waals surface area contributed by atoms with Crippen LogP contribution < -0.4 is 10.2 Å². The second kappa shape index (κ2) is 7.07. The highest BCUT2D eigenvalue weighted by Crippen LogP contribution is 2.28. The standard InChI is InChI=1S/C16H24BrN3O/c1-21-11-12-3-2-6-20(10-12)16-13(7-14(17)9-19-16)8-18-15-4-5-15/h7,9,12,15,18H,2-6,8,10-11H2,1H3. The van der Waals surface area contributed by atoms with E-state index in [9.17, 15) is 0 Å². The number of nitrogens with zero attached hydrogens (tertiary/aromatic N) is 2. The summed E-state index contributed by atoms with van der Waals surface area (Å²) < 4.78 is 6.39. The molecule has 5 heteroatoms. The zero-order valence-electron chi connectivity index (χ0n) is 12.6. The van der Waals surface area contributed by atoms with Crippen molar-refractivity contribution in [3.63, 3.8) is 0 Å². The molecule has 4 nitrogen and oxygen atoms in total. The Bertz CT molecular complexity index is 477.